The summed E-state index contributed by atoms with van der Waals surface area (Å²) in [5.41, 5.74) is 1.13. The van der Waals surface area contributed by atoms with Crippen LogP contribution in [0.4, 0.5) is 0 Å². The zero-order valence-corrected chi connectivity index (χ0v) is 14.3. The van der Waals surface area contributed by atoms with Gasteiger partial charge >= 0.3 is 0 Å². The fraction of sp³-hybridized carbons (Fsp3) is 0.647. The molecule has 1 aliphatic carbocycles. The molecule has 5 heteroatoms. The zero-order chi connectivity index (χ0) is 15.4. The van der Waals surface area contributed by atoms with Gasteiger partial charge in [-0.15, -0.1) is 0 Å². The fourth-order valence-corrected chi connectivity index (χ4v) is 3.35. The van der Waals surface area contributed by atoms with E-state index >= 15 is 0 Å². The normalized spacial score (nSPS) is 19.4. The van der Waals surface area contributed by atoms with Gasteiger partial charge in [-0.25, -0.2) is 0 Å². The Hall–Kier alpha value is -0.480. The molecule has 0 N–H and O–H groups in total. The number of hydrogen-bond acceptors (Lipinski definition) is 3. The highest BCUT2D eigenvalue weighted by molar-refractivity contribution is 6.35. The lowest BCUT2D eigenvalue weighted by Crippen LogP contribution is -2.36. The summed E-state index contributed by atoms with van der Waals surface area (Å²) in [6.07, 6.45) is 4.57. The van der Waals surface area contributed by atoms with Gasteiger partial charge in [-0.3, -0.25) is 4.90 Å². The molecule has 1 heterocycles. The number of benzene rings is 1. The molecule has 2 fully saturated rings. The van der Waals surface area contributed by atoms with Crippen molar-refractivity contribution in [3.8, 4) is 5.75 Å². The summed E-state index contributed by atoms with van der Waals surface area (Å²) >= 11 is 12.5. The van der Waals surface area contributed by atoms with Crippen LogP contribution in [0.3, 0.4) is 0 Å². The Morgan fingerprint density at radius 2 is 1.95 bits per heavy atom. The van der Waals surface area contributed by atoms with Crippen molar-refractivity contribution in [2.24, 2.45) is 5.92 Å². The van der Waals surface area contributed by atoms with Crippen LogP contribution in [-0.4, -0.2) is 44.4 Å². The van der Waals surface area contributed by atoms with Crippen LogP contribution in [0.1, 0.15) is 24.8 Å². The number of hydrogen-bond donors (Lipinski definition) is 0. The molecule has 3 nitrogen and oxygen atoms in total. The van der Waals surface area contributed by atoms with Gasteiger partial charge in [0.15, 0.2) is 0 Å². The molecule has 1 aliphatic heterocycles. The van der Waals surface area contributed by atoms with E-state index in [1.807, 2.05) is 6.07 Å². The average Bonchev–Trinajstić information content (AvgIpc) is 3.31. The number of ether oxygens (including phenoxy) is 2. The predicted octanol–water partition coefficient (Wildman–Crippen LogP) is 4.05. The molecule has 0 aromatic heterocycles. The maximum absolute atomic E-state index is 6.33. The number of morpholine rings is 1. The molecular formula is C17H23Cl2NO2. The molecule has 2 aliphatic rings. The smallest absolute Gasteiger partial charge is 0.141 e. The summed E-state index contributed by atoms with van der Waals surface area (Å²) in [5, 5.41) is 1.32. The van der Waals surface area contributed by atoms with Gasteiger partial charge in [-0.1, -0.05) is 23.2 Å². The SMILES string of the molecule is Clc1cc(Cl)c(OCC2CC2)c(CCCN2CCOCC2)c1. The maximum Gasteiger partial charge on any atom is 0.141 e. The van der Waals surface area contributed by atoms with Crippen molar-refractivity contribution in [2.75, 3.05) is 39.5 Å². The largest absolute Gasteiger partial charge is 0.491 e. The van der Waals surface area contributed by atoms with Crippen LogP contribution in [0.5, 0.6) is 5.75 Å². The van der Waals surface area contributed by atoms with E-state index in [9.17, 15) is 0 Å². The Morgan fingerprint density at radius 1 is 1.18 bits per heavy atom. The summed E-state index contributed by atoms with van der Waals surface area (Å²) in [4.78, 5) is 2.44. The third-order valence-electron chi connectivity index (χ3n) is 4.27. The average molecular weight is 344 g/mol. The van der Waals surface area contributed by atoms with E-state index in [4.69, 9.17) is 32.7 Å². The maximum atomic E-state index is 6.33. The van der Waals surface area contributed by atoms with Gasteiger partial charge < -0.3 is 9.47 Å². The molecule has 22 heavy (non-hydrogen) atoms. The fourth-order valence-electron chi connectivity index (χ4n) is 2.76. The minimum atomic E-state index is 0.634. The first-order valence-corrected chi connectivity index (χ1v) is 8.89. The lowest BCUT2D eigenvalue weighted by atomic mass is 10.1. The number of nitrogens with zero attached hydrogens (tertiary/aromatic N) is 1. The van der Waals surface area contributed by atoms with E-state index in [0.29, 0.717) is 16.0 Å². The van der Waals surface area contributed by atoms with Crippen LogP contribution in [0.15, 0.2) is 12.1 Å². The van der Waals surface area contributed by atoms with Crippen LogP contribution < -0.4 is 4.74 Å². The van der Waals surface area contributed by atoms with E-state index in [2.05, 4.69) is 4.90 Å². The summed E-state index contributed by atoms with van der Waals surface area (Å²) in [7, 11) is 0. The van der Waals surface area contributed by atoms with Gasteiger partial charge in [0.2, 0.25) is 0 Å². The molecule has 1 aromatic rings. The first-order chi connectivity index (χ1) is 10.7. The minimum absolute atomic E-state index is 0.634. The van der Waals surface area contributed by atoms with Crippen LogP contribution in [0.2, 0.25) is 10.0 Å². The highest BCUT2D eigenvalue weighted by Crippen LogP contribution is 2.36. The molecule has 0 amide bonds. The van der Waals surface area contributed by atoms with Crippen molar-refractivity contribution in [1.29, 1.82) is 0 Å². The number of aryl methyl sites for hydroxylation is 1. The molecule has 0 unspecified atom stereocenters. The second kappa shape index (κ2) is 7.87. The topological polar surface area (TPSA) is 21.7 Å². The summed E-state index contributed by atoms with van der Waals surface area (Å²) in [6, 6.07) is 3.77. The van der Waals surface area contributed by atoms with Crippen LogP contribution >= 0.6 is 23.2 Å². The molecule has 0 bridgehead atoms. The van der Waals surface area contributed by atoms with Gasteiger partial charge in [-0.05, 0) is 55.8 Å². The molecule has 3 rings (SSSR count). The van der Waals surface area contributed by atoms with Crippen molar-refractivity contribution in [3.05, 3.63) is 27.7 Å². The Kier molecular flexibility index (Phi) is 5.86. The second-order valence-corrected chi connectivity index (χ2v) is 7.03. The van der Waals surface area contributed by atoms with E-state index in [1.54, 1.807) is 6.07 Å². The van der Waals surface area contributed by atoms with Crippen LogP contribution in [0.25, 0.3) is 0 Å². The second-order valence-electron chi connectivity index (χ2n) is 6.19. The monoisotopic (exact) mass is 343 g/mol. The van der Waals surface area contributed by atoms with E-state index in [1.165, 1.54) is 12.8 Å². The van der Waals surface area contributed by atoms with Gasteiger partial charge in [0.05, 0.1) is 24.8 Å². The van der Waals surface area contributed by atoms with Crippen molar-refractivity contribution in [2.45, 2.75) is 25.7 Å². The van der Waals surface area contributed by atoms with Crippen molar-refractivity contribution in [3.63, 3.8) is 0 Å². The third-order valence-corrected chi connectivity index (χ3v) is 4.77. The Balaban J connectivity index is 1.57. The molecule has 0 atom stereocenters. The molecule has 0 radical (unpaired) electrons. The molecular weight excluding hydrogens is 321 g/mol. The van der Waals surface area contributed by atoms with Gasteiger partial charge in [0, 0.05) is 18.1 Å². The Labute approximate surface area is 142 Å². The van der Waals surface area contributed by atoms with Gasteiger partial charge in [0.1, 0.15) is 5.75 Å². The van der Waals surface area contributed by atoms with Gasteiger partial charge in [-0.2, -0.15) is 0 Å². The van der Waals surface area contributed by atoms with E-state index in [-0.39, 0.29) is 0 Å². The van der Waals surface area contributed by atoms with E-state index in [0.717, 1.165) is 63.6 Å². The Morgan fingerprint density at radius 3 is 2.68 bits per heavy atom. The number of halogens is 2. The summed E-state index contributed by atoms with van der Waals surface area (Å²) < 4.78 is 11.3. The van der Waals surface area contributed by atoms with Crippen LogP contribution in [0, 0.1) is 5.92 Å². The molecule has 122 valence electrons. The third kappa shape index (κ3) is 4.76. The molecule has 1 saturated carbocycles. The van der Waals surface area contributed by atoms with Crippen molar-refractivity contribution >= 4 is 23.2 Å². The minimum Gasteiger partial charge on any atom is -0.491 e. The molecule has 0 spiro atoms. The van der Waals surface area contributed by atoms with Crippen LogP contribution in [-0.2, 0) is 11.2 Å². The molecule has 1 saturated heterocycles. The van der Waals surface area contributed by atoms with E-state index < -0.39 is 0 Å². The van der Waals surface area contributed by atoms with Crippen molar-refractivity contribution in [1.82, 2.24) is 4.90 Å². The highest BCUT2D eigenvalue weighted by atomic mass is 35.5. The zero-order valence-electron chi connectivity index (χ0n) is 12.8. The first kappa shape index (κ1) is 16.4. The quantitative estimate of drug-likeness (QED) is 0.745. The lowest BCUT2D eigenvalue weighted by molar-refractivity contribution is 0.0374. The first-order valence-electron chi connectivity index (χ1n) is 8.13. The highest BCUT2D eigenvalue weighted by Gasteiger charge is 2.23. The predicted molar refractivity (Wildman–Crippen MR) is 90.3 cm³/mol. The standard InChI is InChI=1S/C17H23Cl2NO2/c18-15-10-14(2-1-5-20-6-8-21-9-7-20)17(16(19)11-15)22-12-13-3-4-13/h10-11,13H,1-9,12H2. The van der Waals surface area contributed by atoms with Crippen molar-refractivity contribution < 1.29 is 9.47 Å². The number of rotatable bonds is 7. The van der Waals surface area contributed by atoms with Gasteiger partial charge in [0.25, 0.3) is 0 Å². The molecule has 1 aromatic carbocycles. The Bertz CT molecular complexity index is 500. The lowest BCUT2D eigenvalue weighted by Gasteiger charge is -2.26. The summed E-state index contributed by atoms with van der Waals surface area (Å²) in [6.45, 7) is 5.60. The summed E-state index contributed by atoms with van der Waals surface area (Å²) in [5.74, 6) is 1.55.